The van der Waals surface area contributed by atoms with Gasteiger partial charge in [-0.3, -0.25) is 18.7 Å². The van der Waals surface area contributed by atoms with Crippen LogP contribution < -0.4 is 0 Å². The molecule has 1 aliphatic rings. The highest BCUT2D eigenvalue weighted by molar-refractivity contribution is 7.85. The van der Waals surface area contributed by atoms with E-state index in [1.165, 1.54) is 0 Å². The number of fused-ring (bicyclic) bond motifs is 1. The van der Waals surface area contributed by atoms with Crippen molar-refractivity contribution in [2.45, 2.75) is 6.42 Å². The van der Waals surface area contributed by atoms with Crippen LogP contribution in [0.2, 0.25) is 0 Å². The molecule has 0 radical (unpaired) electrons. The van der Waals surface area contributed by atoms with Gasteiger partial charge in [0, 0.05) is 6.54 Å². The molecule has 1 atom stereocenters. The van der Waals surface area contributed by atoms with E-state index in [4.69, 9.17) is 1.37 Å². The number of rotatable bonds is 5. The Kier molecular flexibility index (Phi) is 3.31. The number of carbonyl (C=O) groups is 2. The fourth-order valence-electron chi connectivity index (χ4n) is 1.80. The molecule has 1 aromatic rings. The summed E-state index contributed by atoms with van der Waals surface area (Å²) in [6.45, 7) is -1.40. The second-order valence-electron chi connectivity index (χ2n) is 4.06. The zero-order valence-corrected chi connectivity index (χ0v) is 11.0. The lowest BCUT2D eigenvalue weighted by molar-refractivity contribution is 0.0647. The molecule has 7 heteroatoms. The summed E-state index contributed by atoms with van der Waals surface area (Å²) >= 11 is 0. The Hall–Kier alpha value is -1.73. The minimum Gasteiger partial charge on any atom is -0.274 e. The third-order valence-corrected chi connectivity index (χ3v) is 3.08. The van der Waals surface area contributed by atoms with Crippen LogP contribution >= 0.6 is 0 Å². The van der Waals surface area contributed by atoms with E-state index in [2.05, 4.69) is 4.18 Å². The lowest BCUT2D eigenvalue weighted by Crippen LogP contribution is -2.31. The quantitative estimate of drug-likeness (QED) is 0.586. The molecule has 0 unspecified atom stereocenters. The smallest absolute Gasteiger partial charge is 0.264 e. The summed E-state index contributed by atoms with van der Waals surface area (Å²) in [6.07, 6.45) is 0.773. The van der Waals surface area contributed by atoms with Crippen LogP contribution in [0.25, 0.3) is 0 Å². The topological polar surface area (TPSA) is 80.8 Å². The van der Waals surface area contributed by atoms with Gasteiger partial charge in [0.1, 0.15) is 0 Å². The van der Waals surface area contributed by atoms with Gasteiger partial charge in [-0.1, -0.05) is 12.1 Å². The standard InChI is InChI=1S/C12H13NO5S/c1-19(16,17)18-8-4-7-13-11(14)9-5-2-3-6-10(9)12(13)15/h2-3,5-6H,4,7-8H2,1H3/i8D/t8-/m0/s1. The normalized spacial score (nSPS) is 17.3. The first-order chi connectivity index (χ1) is 9.29. The van der Waals surface area contributed by atoms with Gasteiger partial charge in [0.2, 0.25) is 0 Å². The Labute approximate surface area is 112 Å². The molecular formula is C12H13NO5S. The highest BCUT2D eigenvalue weighted by Gasteiger charge is 2.34. The van der Waals surface area contributed by atoms with Crippen molar-refractivity contribution in [3.8, 4) is 0 Å². The summed E-state index contributed by atoms with van der Waals surface area (Å²) in [5.41, 5.74) is 0.645. The predicted octanol–water partition coefficient (Wildman–Crippen LogP) is 0.649. The van der Waals surface area contributed by atoms with Gasteiger partial charge in [-0.05, 0) is 18.6 Å². The Morgan fingerprint density at radius 1 is 1.21 bits per heavy atom. The Morgan fingerprint density at radius 3 is 2.21 bits per heavy atom. The Morgan fingerprint density at radius 2 is 1.74 bits per heavy atom. The fraction of sp³-hybridized carbons (Fsp3) is 0.333. The van der Waals surface area contributed by atoms with Crippen LogP contribution in [0.4, 0.5) is 0 Å². The first kappa shape index (κ1) is 12.3. The van der Waals surface area contributed by atoms with Gasteiger partial charge in [-0.25, -0.2) is 0 Å². The van der Waals surface area contributed by atoms with Crippen molar-refractivity contribution in [3.05, 3.63) is 35.4 Å². The molecular weight excluding hydrogens is 270 g/mol. The van der Waals surface area contributed by atoms with Crippen LogP contribution in [-0.4, -0.2) is 44.5 Å². The summed E-state index contributed by atoms with van der Waals surface area (Å²) in [5, 5.41) is 0. The Balaban J connectivity index is 2.03. The van der Waals surface area contributed by atoms with E-state index < -0.39 is 28.5 Å². The van der Waals surface area contributed by atoms with Gasteiger partial charge in [0.15, 0.2) is 0 Å². The van der Waals surface area contributed by atoms with E-state index in [1.54, 1.807) is 24.3 Å². The molecule has 0 aliphatic carbocycles. The van der Waals surface area contributed by atoms with Crippen LogP contribution in [0.3, 0.4) is 0 Å². The highest BCUT2D eigenvalue weighted by atomic mass is 32.2. The van der Waals surface area contributed by atoms with Gasteiger partial charge in [-0.15, -0.1) is 0 Å². The van der Waals surface area contributed by atoms with Gasteiger partial charge < -0.3 is 0 Å². The average molecular weight is 284 g/mol. The predicted molar refractivity (Wildman–Crippen MR) is 67.2 cm³/mol. The van der Waals surface area contributed by atoms with E-state index in [0.717, 1.165) is 11.2 Å². The molecule has 0 aromatic heterocycles. The number of benzene rings is 1. The average Bonchev–Trinajstić information content (AvgIpc) is 2.59. The van der Waals surface area contributed by atoms with Crippen LogP contribution in [0.15, 0.2) is 24.3 Å². The number of nitrogens with zero attached hydrogens (tertiary/aromatic N) is 1. The molecule has 1 aromatic carbocycles. The minimum atomic E-state index is -3.73. The number of amides is 2. The SMILES string of the molecule is [2H][C@@H](CCN1C(=O)c2ccccc2C1=O)OS(C)(=O)=O. The van der Waals surface area contributed by atoms with Crippen molar-refractivity contribution in [2.75, 3.05) is 19.4 Å². The first-order valence-corrected chi connectivity index (χ1v) is 7.37. The third kappa shape index (κ3) is 2.99. The van der Waals surface area contributed by atoms with Crippen molar-refractivity contribution in [1.82, 2.24) is 4.90 Å². The zero-order valence-electron chi connectivity index (χ0n) is 11.2. The summed E-state index contributed by atoms with van der Waals surface area (Å²) < 4.78 is 33.6. The number of imide groups is 1. The molecule has 0 fully saturated rings. The first-order valence-electron chi connectivity index (χ1n) is 6.13. The largest absolute Gasteiger partial charge is 0.274 e. The molecule has 2 rings (SSSR count). The molecule has 0 N–H and O–H groups in total. The van der Waals surface area contributed by atoms with Crippen molar-refractivity contribution < 1.29 is 23.6 Å². The molecule has 0 saturated carbocycles. The van der Waals surface area contributed by atoms with E-state index in [-0.39, 0.29) is 13.0 Å². The summed E-state index contributed by atoms with van der Waals surface area (Å²) in [6, 6.07) is 6.43. The van der Waals surface area contributed by atoms with Crippen molar-refractivity contribution in [2.24, 2.45) is 0 Å². The number of hydrogen-bond donors (Lipinski definition) is 0. The van der Waals surface area contributed by atoms with Crippen LogP contribution in [0.5, 0.6) is 0 Å². The molecule has 19 heavy (non-hydrogen) atoms. The monoisotopic (exact) mass is 284 g/mol. The van der Waals surface area contributed by atoms with Crippen molar-refractivity contribution in [1.29, 1.82) is 0 Å². The molecule has 102 valence electrons. The minimum absolute atomic E-state index is 0.0595. The molecule has 0 spiro atoms. The van der Waals surface area contributed by atoms with Crippen LogP contribution in [0, 0.1) is 0 Å². The summed E-state index contributed by atoms with van der Waals surface area (Å²) in [7, 11) is -3.73. The maximum Gasteiger partial charge on any atom is 0.264 e. The number of hydrogen-bond acceptors (Lipinski definition) is 5. The molecule has 2 amide bonds. The van der Waals surface area contributed by atoms with Crippen molar-refractivity contribution >= 4 is 21.9 Å². The highest BCUT2D eigenvalue weighted by Crippen LogP contribution is 2.22. The van der Waals surface area contributed by atoms with Crippen LogP contribution in [0.1, 0.15) is 28.5 Å². The van der Waals surface area contributed by atoms with Crippen LogP contribution in [-0.2, 0) is 14.3 Å². The van der Waals surface area contributed by atoms with E-state index >= 15 is 0 Å². The second-order valence-corrected chi connectivity index (χ2v) is 5.66. The molecule has 0 saturated heterocycles. The summed E-state index contributed by atoms with van der Waals surface area (Å²) in [5.74, 6) is -0.866. The second kappa shape index (κ2) is 5.10. The lowest BCUT2D eigenvalue weighted by Gasteiger charge is -2.13. The fourth-order valence-corrected chi connectivity index (χ4v) is 2.14. The number of carbonyl (C=O) groups excluding carboxylic acids is 2. The maximum atomic E-state index is 12.0. The zero-order chi connectivity index (χ0) is 14.9. The lowest BCUT2D eigenvalue weighted by atomic mass is 10.1. The molecule has 1 aliphatic heterocycles. The third-order valence-electron chi connectivity index (χ3n) is 2.59. The van der Waals surface area contributed by atoms with E-state index in [1.807, 2.05) is 0 Å². The molecule has 6 nitrogen and oxygen atoms in total. The van der Waals surface area contributed by atoms with E-state index in [9.17, 15) is 18.0 Å². The van der Waals surface area contributed by atoms with E-state index in [0.29, 0.717) is 11.1 Å². The van der Waals surface area contributed by atoms with Gasteiger partial charge >= 0.3 is 0 Å². The molecule has 1 heterocycles. The Bertz CT molecular complexity index is 623. The molecule has 0 bridgehead atoms. The van der Waals surface area contributed by atoms with Crippen molar-refractivity contribution in [3.63, 3.8) is 0 Å². The van der Waals surface area contributed by atoms with Gasteiger partial charge in [-0.2, -0.15) is 8.42 Å². The van der Waals surface area contributed by atoms with Gasteiger partial charge in [0.05, 0.1) is 25.3 Å². The maximum absolute atomic E-state index is 12.0. The van der Waals surface area contributed by atoms with Gasteiger partial charge in [0.25, 0.3) is 21.9 Å². The summed E-state index contributed by atoms with van der Waals surface area (Å²) in [4.78, 5) is 25.0.